The van der Waals surface area contributed by atoms with Crippen molar-refractivity contribution in [1.82, 2.24) is 10.3 Å². The van der Waals surface area contributed by atoms with E-state index in [2.05, 4.69) is 43.5 Å². The molecule has 138 valence electrons. The largest absolute Gasteiger partial charge is 0.332 e. The van der Waals surface area contributed by atoms with Gasteiger partial charge in [0.25, 0.3) is 5.91 Å². The van der Waals surface area contributed by atoms with Gasteiger partial charge in [-0.15, -0.1) is 0 Å². The van der Waals surface area contributed by atoms with E-state index in [0.717, 1.165) is 19.5 Å². The second-order valence-electron chi connectivity index (χ2n) is 5.52. The topological polar surface area (TPSA) is 83.1 Å². The van der Waals surface area contributed by atoms with Gasteiger partial charge in [0.2, 0.25) is 5.91 Å². The SMILES string of the molecule is CCC(=O)Nc1nc2ccc(NC(=S)NC(=O)c3cccc(I)c3)cc2s1. The first-order valence-corrected chi connectivity index (χ1v) is 10.3. The number of thiazole rings is 1. The highest BCUT2D eigenvalue weighted by Crippen LogP contribution is 2.28. The number of amides is 2. The van der Waals surface area contributed by atoms with Gasteiger partial charge in [0.05, 0.1) is 10.2 Å². The van der Waals surface area contributed by atoms with Crippen molar-refractivity contribution in [3.05, 3.63) is 51.6 Å². The third kappa shape index (κ3) is 5.21. The summed E-state index contributed by atoms with van der Waals surface area (Å²) >= 11 is 8.76. The number of nitrogens with zero attached hydrogens (tertiary/aromatic N) is 1. The number of nitrogens with one attached hydrogen (secondary N) is 3. The van der Waals surface area contributed by atoms with Crippen LogP contribution in [0.25, 0.3) is 10.2 Å². The minimum atomic E-state index is -0.269. The summed E-state index contributed by atoms with van der Waals surface area (Å²) in [6.45, 7) is 1.79. The van der Waals surface area contributed by atoms with E-state index in [1.807, 2.05) is 30.3 Å². The van der Waals surface area contributed by atoms with Gasteiger partial charge >= 0.3 is 0 Å². The Morgan fingerprint density at radius 1 is 1.19 bits per heavy atom. The van der Waals surface area contributed by atoms with Crippen molar-refractivity contribution in [1.29, 1.82) is 0 Å². The smallest absolute Gasteiger partial charge is 0.257 e. The fourth-order valence-corrected chi connectivity index (χ4v) is 3.91. The molecule has 0 bridgehead atoms. The average Bonchev–Trinajstić information content (AvgIpc) is 3.02. The van der Waals surface area contributed by atoms with E-state index >= 15 is 0 Å². The van der Waals surface area contributed by atoms with Crippen molar-refractivity contribution in [3.8, 4) is 0 Å². The van der Waals surface area contributed by atoms with Gasteiger partial charge in [0, 0.05) is 21.2 Å². The Hall–Kier alpha value is -2.11. The van der Waals surface area contributed by atoms with Gasteiger partial charge in [0.1, 0.15) is 0 Å². The highest BCUT2D eigenvalue weighted by molar-refractivity contribution is 14.1. The predicted octanol–water partition coefficient (Wildman–Crippen LogP) is 4.38. The second kappa shape index (κ2) is 8.72. The molecule has 0 saturated heterocycles. The van der Waals surface area contributed by atoms with Gasteiger partial charge in [-0.05, 0) is 71.2 Å². The molecular weight excluding hydrogens is 495 g/mol. The van der Waals surface area contributed by atoms with E-state index < -0.39 is 0 Å². The number of carbonyl (C=O) groups is 2. The lowest BCUT2D eigenvalue weighted by molar-refractivity contribution is -0.115. The second-order valence-corrected chi connectivity index (χ2v) is 8.21. The summed E-state index contributed by atoms with van der Waals surface area (Å²) in [5.74, 6) is -0.346. The molecule has 0 aliphatic heterocycles. The number of fused-ring (bicyclic) bond motifs is 1. The first kappa shape index (κ1) is 19.6. The summed E-state index contributed by atoms with van der Waals surface area (Å²) in [6.07, 6.45) is 0.400. The van der Waals surface area contributed by atoms with Crippen molar-refractivity contribution < 1.29 is 9.59 Å². The van der Waals surface area contributed by atoms with E-state index in [0.29, 0.717) is 17.1 Å². The molecular formula is C18H15IN4O2S2. The molecule has 2 aromatic carbocycles. The zero-order valence-electron chi connectivity index (χ0n) is 14.2. The van der Waals surface area contributed by atoms with E-state index in [1.165, 1.54) is 11.3 Å². The van der Waals surface area contributed by atoms with Gasteiger partial charge in [0.15, 0.2) is 10.2 Å². The highest BCUT2D eigenvalue weighted by atomic mass is 127. The molecule has 0 saturated carbocycles. The van der Waals surface area contributed by atoms with Gasteiger partial charge in [-0.1, -0.05) is 24.3 Å². The fourth-order valence-electron chi connectivity index (χ4n) is 2.23. The van der Waals surface area contributed by atoms with Gasteiger partial charge in [-0.2, -0.15) is 0 Å². The molecule has 3 aromatic rings. The molecule has 3 rings (SSSR count). The van der Waals surface area contributed by atoms with Crippen molar-refractivity contribution in [2.24, 2.45) is 0 Å². The van der Waals surface area contributed by atoms with Gasteiger partial charge in [-0.25, -0.2) is 4.98 Å². The van der Waals surface area contributed by atoms with Crippen LogP contribution in [0.2, 0.25) is 0 Å². The molecule has 0 aliphatic rings. The molecule has 0 atom stereocenters. The number of halogens is 1. The third-order valence-electron chi connectivity index (χ3n) is 3.53. The summed E-state index contributed by atoms with van der Waals surface area (Å²) in [4.78, 5) is 28.1. The summed E-state index contributed by atoms with van der Waals surface area (Å²) in [5, 5.41) is 9.19. The monoisotopic (exact) mass is 510 g/mol. The lowest BCUT2D eigenvalue weighted by Crippen LogP contribution is -2.34. The van der Waals surface area contributed by atoms with Crippen molar-refractivity contribution in [3.63, 3.8) is 0 Å². The van der Waals surface area contributed by atoms with Crippen molar-refractivity contribution in [2.45, 2.75) is 13.3 Å². The number of carbonyl (C=O) groups excluding carboxylic acids is 2. The van der Waals surface area contributed by atoms with Crippen LogP contribution in [-0.2, 0) is 4.79 Å². The molecule has 0 unspecified atom stereocenters. The Morgan fingerprint density at radius 2 is 2.00 bits per heavy atom. The van der Waals surface area contributed by atoms with Crippen molar-refractivity contribution in [2.75, 3.05) is 10.6 Å². The maximum atomic E-state index is 12.3. The third-order valence-corrected chi connectivity index (χ3v) is 5.34. The maximum absolute atomic E-state index is 12.3. The number of anilines is 2. The Bertz CT molecular complexity index is 1040. The Labute approximate surface area is 178 Å². The number of thiocarbonyl (C=S) groups is 1. The fraction of sp³-hybridized carbons (Fsp3) is 0.111. The minimum Gasteiger partial charge on any atom is -0.332 e. The number of hydrogen-bond acceptors (Lipinski definition) is 5. The Morgan fingerprint density at radius 3 is 2.74 bits per heavy atom. The number of benzene rings is 2. The first-order chi connectivity index (χ1) is 12.9. The summed E-state index contributed by atoms with van der Waals surface area (Å²) in [6, 6.07) is 12.8. The molecule has 2 amide bonds. The van der Waals surface area contributed by atoms with Gasteiger partial charge in [-0.3, -0.25) is 14.9 Å². The van der Waals surface area contributed by atoms with E-state index in [4.69, 9.17) is 12.2 Å². The molecule has 6 nitrogen and oxygen atoms in total. The van der Waals surface area contributed by atoms with Gasteiger partial charge < -0.3 is 10.6 Å². The van der Waals surface area contributed by atoms with Crippen LogP contribution in [0.3, 0.4) is 0 Å². The molecule has 1 heterocycles. The van der Waals surface area contributed by atoms with E-state index in [1.54, 1.807) is 19.1 Å². The lowest BCUT2D eigenvalue weighted by atomic mass is 10.2. The van der Waals surface area contributed by atoms with Crippen LogP contribution < -0.4 is 16.0 Å². The Kier molecular flexibility index (Phi) is 6.34. The maximum Gasteiger partial charge on any atom is 0.257 e. The van der Waals surface area contributed by atoms with E-state index in [9.17, 15) is 9.59 Å². The highest BCUT2D eigenvalue weighted by Gasteiger charge is 2.10. The van der Waals surface area contributed by atoms with Crippen LogP contribution in [-0.4, -0.2) is 21.9 Å². The molecule has 9 heteroatoms. The zero-order valence-corrected chi connectivity index (χ0v) is 18.0. The number of rotatable bonds is 4. The normalized spacial score (nSPS) is 10.4. The quantitative estimate of drug-likeness (QED) is 0.359. The summed E-state index contributed by atoms with van der Waals surface area (Å²) < 4.78 is 1.87. The van der Waals surface area contributed by atoms with Crippen LogP contribution in [0.4, 0.5) is 10.8 Å². The van der Waals surface area contributed by atoms with Crippen LogP contribution in [0, 0.1) is 3.57 Å². The summed E-state index contributed by atoms with van der Waals surface area (Å²) in [7, 11) is 0. The van der Waals surface area contributed by atoms with Crippen molar-refractivity contribution >= 4 is 84.1 Å². The van der Waals surface area contributed by atoms with Crippen LogP contribution in [0.1, 0.15) is 23.7 Å². The Balaban J connectivity index is 1.67. The van der Waals surface area contributed by atoms with E-state index in [-0.39, 0.29) is 16.9 Å². The van der Waals surface area contributed by atoms with Crippen LogP contribution in [0.5, 0.6) is 0 Å². The van der Waals surface area contributed by atoms with Crippen LogP contribution >= 0.6 is 46.1 Å². The molecule has 0 radical (unpaired) electrons. The molecule has 1 aromatic heterocycles. The molecule has 0 spiro atoms. The lowest BCUT2D eigenvalue weighted by Gasteiger charge is -2.09. The number of hydrogen-bond donors (Lipinski definition) is 3. The van der Waals surface area contributed by atoms with Crippen LogP contribution in [0.15, 0.2) is 42.5 Å². The molecule has 27 heavy (non-hydrogen) atoms. The standard InChI is InChI=1S/C18H15IN4O2S2/c1-2-15(24)22-18-21-13-7-6-12(9-14(13)27-18)20-17(26)23-16(25)10-4-3-5-11(19)8-10/h3-9H,2H2,1H3,(H,21,22,24)(H2,20,23,25,26). The summed E-state index contributed by atoms with van der Waals surface area (Å²) in [5.41, 5.74) is 2.05. The minimum absolute atomic E-state index is 0.0770. The molecule has 0 fully saturated rings. The first-order valence-electron chi connectivity index (χ1n) is 8.03. The average molecular weight is 510 g/mol. The zero-order chi connectivity index (χ0) is 19.4. The molecule has 0 aliphatic carbocycles. The predicted molar refractivity (Wildman–Crippen MR) is 121 cm³/mol. The molecule has 3 N–H and O–H groups in total. The number of aromatic nitrogens is 1.